The number of ether oxygens (including phenoxy) is 1. The Hall–Kier alpha value is -2.08. The average molecular weight is 343 g/mol. The SMILES string of the molecule is O=C(NCc1ccc2c(c1)CCO2)N1CCCC[C@@H]1c1nccs1. The smallest absolute Gasteiger partial charge is 0.318 e. The molecule has 2 aromatic rings. The third-order valence-electron chi connectivity index (χ3n) is 4.70. The quantitative estimate of drug-likeness (QED) is 0.928. The summed E-state index contributed by atoms with van der Waals surface area (Å²) < 4.78 is 5.53. The number of aromatic nitrogens is 1. The van der Waals surface area contributed by atoms with Gasteiger partial charge in [-0.2, -0.15) is 0 Å². The molecule has 6 heteroatoms. The van der Waals surface area contributed by atoms with E-state index in [9.17, 15) is 4.79 Å². The monoisotopic (exact) mass is 343 g/mol. The molecule has 0 saturated carbocycles. The van der Waals surface area contributed by atoms with Gasteiger partial charge in [0.05, 0.1) is 12.6 Å². The topological polar surface area (TPSA) is 54.5 Å². The molecule has 24 heavy (non-hydrogen) atoms. The second-order valence-electron chi connectivity index (χ2n) is 6.27. The summed E-state index contributed by atoms with van der Waals surface area (Å²) in [5.41, 5.74) is 2.36. The molecule has 126 valence electrons. The van der Waals surface area contributed by atoms with E-state index in [0.29, 0.717) is 6.54 Å². The Kier molecular flexibility index (Phi) is 4.38. The van der Waals surface area contributed by atoms with E-state index in [1.165, 1.54) is 5.56 Å². The molecular weight excluding hydrogens is 322 g/mol. The molecule has 1 aromatic carbocycles. The minimum atomic E-state index is 0.00616. The average Bonchev–Trinajstić information content (AvgIpc) is 3.30. The maximum Gasteiger partial charge on any atom is 0.318 e. The van der Waals surface area contributed by atoms with E-state index in [1.54, 1.807) is 11.3 Å². The van der Waals surface area contributed by atoms with E-state index >= 15 is 0 Å². The number of rotatable bonds is 3. The van der Waals surface area contributed by atoms with Crippen molar-refractivity contribution in [2.45, 2.75) is 38.3 Å². The predicted octanol–water partition coefficient (Wildman–Crippen LogP) is 3.51. The second kappa shape index (κ2) is 6.81. The number of urea groups is 1. The minimum Gasteiger partial charge on any atom is -0.493 e. The van der Waals surface area contributed by atoms with Gasteiger partial charge in [0, 0.05) is 31.1 Å². The van der Waals surface area contributed by atoms with Gasteiger partial charge in [0.1, 0.15) is 10.8 Å². The number of likely N-dealkylation sites (tertiary alicyclic amines) is 1. The number of nitrogens with one attached hydrogen (secondary N) is 1. The summed E-state index contributed by atoms with van der Waals surface area (Å²) in [7, 11) is 0. The van der Waals surface area contributed by atoms with Crippen LogP contribution in [-0.4, -0.2) is 29.1 Å². The van der Waals surface area contributed by atoms with Crippen LogP contribution in [0.25, 0.3) is 0 Å². The maximum absolute atomic E-state index is 12.7. The molecule has 0 bridgehead atoms. The molecule has 1 N–H and O–H groups in total. The Balaban J connectivity index is 1.41. The van der Waals surface area contributed by atoms with Gasteiger partial charge in [0.2, 0.25) is 0 Å². The number of carbonyl (C=O) groups excluding carboxylic acids is 1. The fourth-order valence-corrected chi connectivity index (χ4v) is 4.24. The molecule has 1 saturated heterocycles. The number of fused-ring (bicyclic) bond motifs is 1. The van der Waals surface area contributed by atoms with Crippen molar-refractivity contribution in [1.29, 1.82) is 0 Å². The van der Waals surface area contributed by atoms with Gasteiger partial charge in [0.25, 0.3) is 0 Å². The lowest BCUT2D eigenvalue weighted by Gasteiger charge is -2.34. The van der Waals surface area contributed by atoms with Crippen LogP contribution < -0.4 is 10.1 Å². The Labute approximate surface area is 145 Å². The second-order valence-corrected chi connectivity index (χ2v) is 7.20. The van der Waals surface area contributed by atoms with Crippen molar-refractivity contribution in [1.82, 2.24) is 15.2 Å². The highest BCUT2D eigenvalue weighted by Gasteiger charge is 2.29. The van der Waals surface area contributed by atoms with Crippen LogP contribution in [0.5, 0.6) is 5.75 Å². The summed E-state index contributed by atoms with van der Waals surface area (Å²) in [6, 6.07) is 6.29. The van der Waals surface area contributed by atoms with Gasteiger partial charge in [-0.25, -0.2) is 9.78 Å². The summed E-state index contributed by atoms with van der Waals surface area (Å²) >= 11 is 1.63. The van der Waals surface area contributed by atoms with Crippen LogP contribution in [0.2, 0.25) is 0 Å². The molecule has 1 aromatic heterocycles. The van der Waals surface area contributed by atoms with Gasteiger partial charge < -0.3 is 15.0 Å². The van der Waals surface area contributed by atoms with Gasteiger partial charge in [-0.15, -0.1) is 11.3 Å². The van der Waals surface area contributed by atoms with Crippen molar-refractivity contribution in [3.05, 3.63) is 45.9 Å². The molecule has 2 aliphatic rings. The predicted molar refractivity (Wildman–Crippen MR) is 93.3 cm³/mol. The number of piperidine rings is 1. The van der Waals surface area contributed by atoms with Crippen molar-refractivity contribution in [3.63, 3.8) is 0 Å². The summed E-state index contributed by atoms with van der Waals surface area (Å²) in [6.07, 6.45) is 5.98. The van der Waals surface area contributed by atoms with Gasteiger partial charge in [-0.3, -0.25) is 0 Å². The van der Waals surface area contributed by atoms with E-state index in [-0.39, 0.29) is 12.1 Å². The molecule has 0 spiro atoms. The molecule has 0 radical (unpaired) electrons. The number of hydrogen-bond donors (Lipinski definition) is 1. The summed E-state index contributed by atoms with van der Waals surface area (Å²) in [4.78, 5) is 19.0. The van der Waals surface area contributed by atoms with E-state index in [4.69, 9.17) is 4.74 Å². The van der Waals surface area contributed by atoms with E-state index in [0.717, 1.165) is 55.2 Å². The highest BCUT2D eigenvalue weighted by Crippen LogP contribution is 2.32. The fraction of sp³-hybridized carbons (Fsp3) is 0.444. The first-order valence-corrected chi connectivity index (χ1v) is 9.38. The molecule has 0 aliphatic carbocycles. The van der Waals surface area contributed by atoms with Crippen molar-refractivity contribution < 1.29 is 9.53 Å². The molecule has 0 unspecified atom stereocenters. The Morgan fingerprint density at radius 3 is 3.25 bits per heavy atom. The maximum atomic E-state index is 12.7. The zero-order chi connectivity index (χ0) is 16.4. The lowest BCUT2D eigenvalue weighted by atomic mass is 10.0. The molecule has 1 fully saturated rings. The Morgan fingerprint density at radius 2 is 2.38 bits per heavy atom. The third kappa shape index (κ3) is 3.11. The first kappa shape index (κ1) is 15.4. The normalized spacial score (nSPS) is 19.7. The Bertz CT molecular complexity index is 717. The van der Waals surface area contributed by atoms with E-state index in [2.05, 4.69) is 16.4 Å². The molecule has 2 amide bonds. The Morgan fingerprint density at radius 1 is 1.42 bits per heavy atom. The van der Waals surface area contributed by atoms with Crippen LogP contribution in [0.4, 0.5) is 4.79 Å². The van der Waals surface area contributed by atoms with E-state index < -0.39 is 0 Å². The van der Waals surface area contributed by atoms with Gasteiger partial charge in [-0.05, 0) is 36.5 Å². The van der Waals surface area contributed by atoms with Crippen molar-refractivity contribution >= 4 is 17.4 Å². The highest BCUT2D eigenvalue weighted by atomic mass is 32.1. The van der Waals surface area contributed by atoms with Crippen molar-refractivity contribution in [3.8, 4) is 5.75 Å². The third-order valence-corrected chi connectivity index (χ3v) is 5.57. The molecular formula is C18H21N3O2S. The fourth-order valence-electron chi connectivity index (χ4n) is 3.46. The van der Waals surface area contributed by atoms with Crippen LogP contribution in [0.3, 0.4) is 0 Å². The van der Waals surface area contributed by atoms with Gasteiger partial charge in [0.15, 0.2) is 0 Å². The molecule has 3 heterocycles. The number of carbonyl (C=O) groups is 1. The largest absolute Gasteiger partial charge is 0.493 e. The van der Waals surface area contributed by atoms with Crippen LogP contribution >= 0.6 is 11.3 Å². The van der Waals surface area contributed by atoms with Crippen molar-refractivity contribution in [2.75, 3.05) is 13.2 Å². The zero-order valence-corrected chi connectivity index (χ0v) is 14.3. The van der Waals surface area contributed by atoms with E-state index in [1.807, 2.05) is 28.6 Å². The molecule has 5 nitrogen and oxygen atoms in total. The number of benzene rings is 1. The highest BCUT2D eigenvalue weighted by molar-refractivity contribution is 7.09. The summed E-state index contributed by atoms with van der Waals surface area (Å²) in [6.45, 7) is 2.11. The van der Waals surface area contributed by atoms with Crippen LogP contribution in [-0.2, 0) is 13.0 Å². The number of thiazole rings is 1. The minimum absolute atomic E-state index is 0.00616. The first-order valence-electron chi connectivity index (χ1n) is 8.50. The summed E-state index contributed by atoms with van der Waals surface area (Å²) in [5, 5.41) is 6.09. The number of nitrogens with zero attached hydrogens (tertiary/aromatic N) is 2. The first-order chi connectivity index (χ1) is 11.8. The number of amides is 2. The standard InChI is InChI=1S/C18H21N3O2S/c22-18(20-12-13-4-5-16-14(11-13)6-9-23-16)21-8-2-1-3-15(21)17-19-7-10-24-17/h4-5,7,10-11,15H,1-3,6,8-9,12H2,(H,20,22)/t15-/m1/s1. The molecule has 4 rings (SSSR count). The van der Waals surface area contributed by atoms with Crippen LogP contribution in [0.1, 0.15) is 41.4 Å². The lowest BCUT2D eigenvalue weighted by molar-refractivity contribution is 0.151. The van der Waals surface area contributed by atoms with Gasteiger partial charge >= 0.3 is 6.03 Å². The summed E-state index contributed by atoms with van der Waals surface area (Å²) in [5.74, 6) is 0.977. The van der Waals surface area contributed by atoms with Crippen LogP contribution in [0.15, 0.2) is 29.8 Å². The van der Waals surface area contributed by atoms with Gasteiger partial charge in [-0.1, -0.05) is 12.1 Å². The number of hydrogen-bond acceptors (Lipinski definition) is 4. The zero-order valence-electron chi connectivity index (χ0n) is 13.5. The van der Waals surface area contributed by atoms with Crippen molar-refractivity contribution in [2.24, 2.45) is 0 Å². The molecule has 1 atom stereocenters. The lowest BCUT2D eigenvalue weighted by Crippen LogP contribution is -2.44. The van der Waals surface area contributed by atoms with Crippen LogP contribution in [0, 0.1) is 0 Å². The molecule has 2 aliphatic heterocycles.